The van der Waals surface area contributed by atoms with Crippen LogP contribution in [-0.4, -0.2) is 44.9 Å². The maximum absolute atomic E-state index is 12.1. The minimum atomic E-state index is -3.74. The van der Waals surface area contributed by atoms with Crippen molar-refractivity contribution in [2.24, 2.45) is 5.92 Å². The molecule has 1 aliphatic rings. The predicted molar refractivity (Wildman–Crippen MR) is 80.8 cm³/mol. The van der Waals surface area contributed by atoms with Crippen LogP contribution in [0.4, 0.5) is 10.7 Å². The average molecular weight is 334 g/mol. The van der Waals surface area contributed by atoms with Crippen LogP contribution in [-0.2, 0) is 10.0 Å². The molecule has 0 amide bonds. The van der Waals surface area contributed by atoms with Crippen LogP contribution in [0.15, 0.2) is 10.3 Å². The van der Waals surface area contributed by atoms with Crippen molar-refractivity contribution in [1.29, 1.82) is 0 Å². The molecule has 1 fully saturated rings. The molecule has 0 aliphatic carbocycles. The zero-order valence-electron chi connectivity index (χ0n) is 11.6. The molecule has 0 atom stereocenters. The van der Waals surface area contributed by atoms with Crippen molar-refractivity contribution in [3.63, 3.8) is 0 Å². The molecule has 1 aromatic heterocycles. The number of nitro groups is 1. The van der Waals surface area contributed by atoms with Crippen LogP contribution < -0.4 is 10.5 Å². The summed E-state index contributed by atoms with van der Waals surface area (Å²) in [4.78, 5) is 12.2. The number of thiophene rings is 1. The topological polar surface area (TPSA) is 119 Å². The molecule has 1 aromatic rings. The van der Waals surface area contributed by atoms with Gasteiger partial charge < -0.3 is 10.6 Å². The smallest absolute Gasteiger partial charge is 0.304 e. The number of nitrogens with zero attached hydrogens (tertiary/aromatic N) is 2. The number of likely N-dealkylation sites (tertiary alicyclic amines) is 1. The molecule has 0 spiro atoms. The lowest BCUT2D eigenvalue weighted by molar-refractivity contribution is -0.383. The van der Waals surface area contributed by atoms with E-state index in [-0.39, 0.29) is 14.9 Å². The van der Waals surface area contributed by atoms with Gasteiger partial charge in [-0.25, -0.2) is 13.1 Å². The quantitative estimate of drug-likeness (QED) is 0.609. The normalized spacial score (nSPS) is 18.0. The highest BCUT2D eigenvalue weighted by atomic mass is 32.2. The van der Waals surface area contributed by atoms with Crippen molar-refractivity contribution in [2.75, 3.05) is 32.4 Å². The molecule has 8 nitrogen and oxygen atoms in total. The lowest BCUT2D eigenvalue weighted by atomic mass is 9.98. The van der Waals surface area contributed by atoms with Crippen molar-refractivity contribution in [1.82, 2.24) is 9.62 Å². The average Bonchev–Trinajstić information content (AvgIpc) is 2.81. The molecule has 10 heteroatoms. The molecule has 0 unspecified atom stereocenters. The Morgan fingerprint density at radius 3 is 2.67 bits per heavy atom. The van der Waals surface area contributed by atoms with Gasteiger partial charge in [0.25, 0.3) is 0 Å². The Morgan fingerprint density at radius 2 is 2.14 bits per heavy atom. The molecule has 0 aromatic carbocycles. The SMILES string of the molecule is CN1CCC(CNS(=O)(=O)c2cc([N+](=O)[O-])c(N)s2)CC1. The molecule has 1 aliphatic heterocycles. The van der Waals surface area contributed by atoms with E-state index in [2.05, 4.69) is 9.62 Å². The van der Waals surface area contributed by atoms with Gasteiger partial charge in [-0.05, 0) is 38.9 Å². The minimum Gasteiger partial charge on any atom is -0.385 e. The number of piperidine rings is 1. The number of nitrogens with one attached hydrogen (secondary N) is 1. The van der Waals surface area contributed by atoms with Crippen LogP contribution in [0.3, 0.4) is 0 Å². The van der Waals surface area contributed by atoms with Crippen molar-refractivity contribution in [2.45, 2.75) is 17.1 Å². The number of nitrogens with two attached hydrogens (primary N) is 1. The highest BCUT2D eigenvalue weighted by Crippen LogP contribution is 2.34. The number of nitrogen functional groups attached to an aromatic ring is 1. The van der Waals surface area contributed by atoms with Crippen molar-refractivity contribution in [3.8, 4) is 0 Å². The van der Waals surface area contributed by atoms with Crippen LogP contribution in [0.1, 0.15) is 12.8 Å². The summed E-state index contributed by atoms with van der Waals surface area (Å²) < 4.78 is 26.7. The standard InChI is InChI=1S/C11H18N4O4S2/c1-14-4-2-8(3-5-14)7-13-21(18,19)10-6-9(15(16)17)11(12)20-10/h6,8,13H,2-5,7,12H2,1H3. The third-order valence-corrected chi connectivity index (χ3v) is 6.43. The Kier molecular flexibility index (Phi) is 4.81. The van der Waals surface area contributed by atoms with Crippen LogP contribution in [0, 0.1) is 16.0 Å². The fourth-order valence-electron chi connectivity index (χ4n) is 2.21. The highest BCUT2D eigenvalue weighted by Gasteiger charge is 2.26. The van der Waals surface area contributed by atoms with E-state index in [1.54, 1.807) is 0 Å². The van der Waals surface area contributed by atoms with Gasteiger partial charge in [0.15, 0.2) is 5.00 Å². The van der Waals surface area contributed by atoms with Crippen LogP contribution in [0.5, 0.6) is 0 Å². The van der Waals surface area contributed by atoms with Gasteiger partial charge in [0, 0.05) is 12.6 Å². The Morgan fingerprint density at radius 1 is 1.52 bits per heavy atom. The zero-order chi connectivity index (χ0) is 15.6. The van der Waals surface area contributed by atoms with E-state index >= 15 is 0 Å². The van der Waals surface area contributed by atoms with Gasteiger partial charge in [0.1, 0.15) is 4.21 Å². The maximum Gasteiger partial charge on any atom is 0.304 e. The number of anilines is 1. The predicted octanol–water partition coefficient (Wildman–Crippen LogP) is 0.859. The third-order valence-electron chi connectivity index (χ3n) is 3.58. The van der Waals surface area contributed by atoms with E-state index in [0.717, 1.165) is 32.0 Å². The molecule has 21 heavy (non-hydrogen) atoms. The molecule has 0 saturated carbocycles. The van der Waals surface area contributed by atoms with Crippen LogP contribution in [0.25, 0.3) is 0 Å². The Hall–Kier alpha value is -1.23. The Labute approximate surface area is 127 Å². The minimum absolute atomic E-state index is 0.0975. The number of hydrogen-bond acceptors (Lipinski definition) is 7. The van der Waals surface area contributed by atoms with Crippen molar-refractivity contribution in [3.05, 3.63) is 16.2 Å². The third kappa shape index (κ3) is 3.90. The second-order valence-corrected chi connectivity index (χ2v) is 8.25. The van der Waals surface area contributed by atoms with Gasteiger partial charge in [-0.15, -0.1) is 0 Å². The number of sulfonamides is 1. The van der Waals surface area contributed by atoms with Gasteiger partial charge in [-0.3, -0.25) is 10.1 Å². The number of rotatable bonds is 5. The molecule has 118 valence electrons. The zero-order valence-corrected chi connectivity index (χ0v) is 13.2. The van der Waals surface area contributed by atoms with Gasteiger partial charge in [-0.1, -0.05) is 11.3 Å². The van der Waals surface area contributed by atoms with E-state index in [4.69, 9.17) is 5.73 Å². The van der Waals surface area contributed by atoms with E-state index < -0.39 is 14.9 Å². The summed E-state index contributed by atoms with van der Waals surface area (Å²) in [5, 5.41) is 10.6. The molecule has 1 saturated heterocycles. The van der Waals surface area contributed by atoms with Gasteiger partial charge >= 0.3 is 5.69 Å². The first-order valence-corrected chi connectivity index (χ1v) is 8.81. The second-order valence-electron chi connectivity index (χ2n) is 5.17. The van der Waals surface area contributed by atoms with Crippen molar-refractivity contribution < 1.29 is 13.3 Å². The monoisotopic (exact) mass is 334 g/mol. The summed E-state index contributed by atoms with van der Waals surface area (Å²) in [6.45, 7) is 2.25. The van der Waals surface area contributed by atoms with Gasteiger partial charge in [-0.2, -0.15) is 0 Å². The van der Waals surface area contributed by atoms with Crippen LogP contribution >= 0.6 is 11.3 Å². The fraction of sp³-hybridized carbons (Fsp3) is 0.636. The molecule has 0 bridgehead atoms. The lowest BCUT2D eigenvalue weighted by Gasteiger charge is -2.28. The molecule has 3 N–H and O–H groups in total. The van der Waals surface area contributed by atoms with Gasteiger partial charge in [0.2, 0.25) is 10.0 Å². The van der Waals surface area contributed by atoms with E-state index in [1.807, 2.05) is 7.05 Å². The molecular weight excluding hydrogens is 316 g/mol. The van der Waals surface area contributed by atoms with E-state index in [0.29, 0.717) is 23.8 Å². The summed E-state index contributed by atoms with van der Waals surface area (Å²) in [6.07, 6.45) is 1.87. The van der Waals surface area contributed by atoms with Crippen molar-refractivity contribution >= 4 is 32.0 Å². The highest BCUT2D eigenvalue weighted by molar-refractivity contribution is 7.91. The first-order chi connectivity index (χ1) is 9.79. The first kappa shape index (κ1) is 16.1. The molecular formula is C11H18N4O4S2. The molecule has 0 radical (unpaired) electrons. The maximum atomic E-state index is 12.1. The van der Waals surface area contributed by atoms with Gasteiger partial charge in [0.05, 0.1) is 4.92 Å². The summed E-state index contributed by atoms with van der Waals surface area (Å²) in [7, 11) is -1.70. The second kappa shape index (κ2) is 6.26. The molecule has 2 heterocycles. The van der Waals surface area contributed by atoms with E-state index in [9.17, 15) is 18.5 Å². The first-order valence-electron chi connectivity index (χ1n) is 6.51. The summed E-state index contributed by atoms with van der Waals surface area (Å²) in [5.41, 5.74) is 5.11. The lowest BCUT2D eigenvalue weighted by Crippen LogP contribution is -2.36. The summed E-state index contributed by atoms with van der Waals surface area (Å²) in [6, 6.07) is 1.01. The number of hydrogen-bond donors (Lipinski definition) is 2. The summed E-state index contributed by atoms with van der Waals surface area (Å²) >= 11 is 0.714. The van der Waals surface area contributed by atoms with E-state index in [1.165, 1.54) is 0 Å². The Bertz CT molecular complexity index is 620. The molecule has 2 rings (SSSR count). The largest absolute Gasteiger partial charge is 0.385 e. The van der Waals surface area contributed by atoms with Crippen LogP contribution in [0.2, 0.25) is 0 Å². The Balaban J connectivity index is 2.02. The fourth-order valence-corrected chi connectivity index (χ4v) is 4.59. The summed E-state index contributed by atoms with van der Waals surface area (Å²) in [5.74, 6) is 0.295.